The molecule has 1 unspecified atom stereocenters. The molecule has 0 bridgehead atoms. The van der Waals surface area contributed by atoms with Gasteiger partial charge in [0.25, 0.3) is 0 Å². The monoisotopic (exact) mass is 314 g/mol. The average molecular weight is 314 g/mol. The Hall–Kier alpha value is -2.63. The molecular weight excluding hydrogens is 292 g/mol. The van der Waals surface area contributed by atoms with Crippen LogP contribution in [-0.2, 0) is 11.4 Å². The quantitative estimate of drug-likeness (QED) is 0.497. The first kappa shape index (κ1) is 16.7. The van der Waals surface area contributed by atoms with Gasteiger partial charge in [-0.05, 0) is 31.4 Å². The average Bonchev–Trinajstić information content (AvgIpc) is 3.06. The van der Waals surface area contributed by atoms with Gasteiger partial charge in [-0.15, -0.1) is 0 Å². The summed E-state index contributed by atoms with van der Waals surface area (Å²) in [6.07, 6.45) is 13.7. The molecule has 0 aliphatic heterocycles. The van der Waals surface area contributed by atoms with E-state index in [2.05, 4.69) is 28.6 Å². The van der Waals surface area contributed by atoms with Crippen LogP contribution in [0.3, 0.4) is 0 Å². The molecule has 0 spiro atoms. The molecule has 1 aliphatic carbocycles. The van der Waals surface area contributed by atoms with Crippen molar-refractivity contribution >= 4 is 11.8 Å². The van der Waals surface area contributed by atoms with Gasteiger partial charge in [0.2, 0.25) is 0 Å². The van der Waals surface area contributed by atoms with E-state index < -0.39 is 6.09 Å². The second-order valence-corrected chi connectivity index (χ2v) is 5.35. The summed E-state index contributed by atoms with van der Waals surface area (Å²) in [5, 5.41) is 6.63. The van der Waals surface area contributed by atoms with E-state index in [1.165, 1.54) is 6.08 Å². The SMILES string of the molecule is C=C/C=C(\C=C)NC(=O)O/N=C1\CCCCC1Cn1ccnc1. The Bertz CT molecular complexity index is 602. The van der Waals surface area contributed by atoms with Crippen LogP contribution in [0.2, 0.25) is 0 Å². The standard InChI is InChI=1S/C17H22N4O2/c1-3-7-15(4-2)19-17(22)23-20-16-9-6-5-8-14(16)12-21-11-10-18-13-21/h3-4,7,10-11,13-14H,1-2,5-6,8-9,12H2,(H,19,22)/b15-7+,20-16+. The summed E-state index contributed by atoms with van der Waals surface area (Å²) in [6.45, 7) is 7.98. The van der Waals surface area contributed by atoms with Crippen molar-refractivity contribution in [3.05, 3.63) is 55.8 Å². The van der Waals surface area contributed by atoms with Crippen LogP contribution < -0.4 is 5.32 Å². The van der Waals surface area contributed by atoms with Crippen molar-refractivity contribution < 1.29 is 9.63 Å². The third-order valence-electron chi connectivity index (χ3n) is 3.71. The fraction of sp³-hybridized carbons (Fsp3) is 0.353. The van der Waals surface area contributed by atoms with Crippen LogP contribution in [0.1, 0.15) is 25.7 Å². The second-order valence-electron chi connectivity index (χ2n) is 5.35. The molecule has 0 radical (unpaired) electrons. The lowest BCUT2D eigenvalue weighted by Crippen LogP contribution is -2.26. The molecule has 1 saturated carbocycles. The summed E-state index contributed by atoms with van der Waals surface area (Å²) in [6, 6.07) is 0. The van der Waals surface area contributed by atoms with Crippen molar-refractivity contribution in [3.63, 3.8) is 0 Å². The molecule has 1 fully saturated rings. The Labute approximate surface area is 136 Å². The van der Waals surface area contributed by atoms with Crippen LogP contribution in [-0.4, -0.2) is 21.4 Å². The Balaban J connectivity index is 1.95. The van der Waals surface area contributed by atoms with Gasteiger partial charge < -0.3 is 4.57 Å². The van der Waals surface area contributed by atoms with Gasteiger partial charge in [0.05, 0.1) is 12.0 Å². The maximum Gasteiger partial charge on any atom is 0.437 e. The third-order valence-corrected chi connectivity index (χ3v) is 3.71. The van der Waals surface area contributed by atoms with Crippen molar-refractivity contribution in [2.75, 3.05) is 0 Å². The number of rotatable bonds is 6. The first-order valence-electron chi connectivity index (χ1n) is 7.68. The molecule has 1 amide bonds. The predicted molar refractivity (Wildman–Crippen MR) is 89.7 cm³/mol. The van der Waals surface area contributed by atoms with Gasteiger partial charge in [-0.25, -0.2) is 9.78 Å². The van der Waals surface area contributed by atoms with Gasteiger partial charge >= 0.3 is 6.09 Å². The number of allylic oxidation sites excluding steroid dienone is 3. The Morgan fingerprint density at radius 1 is 1.52 bits per heavy atom. The lowest BCUT2D eigenvalue weighted by molar-refractivity contribution is 0.152. The molecule has 23 heavy (non-hydrogen) atoms. The number of aromatic nitrogens is 2. The smallest absolute Gasteiger partial charge is 0.337 e. The number of hydrogen-bond donors (Lipinski definition) is 1. The zero-order valence-corrected chi connectivity index (χ0v) is 13.1. The number of oxime groups is 1. The number of hydrogen-bond acceptors (Lipinski definition) is 4. The highest BCUT2D eigenvalue weighted by molar-refractivity contribution is 5.87. The minimum atomic E-state index is -0.627. The van der Waals surface area contributed by atoms with Gasteiger partial charge in [-0.3, -0.25) is 10.2 Å². The summed E-state index contributed by atoms with van der Waals surface area (Å²) in [5.74, 6) is 0.272. The first-order chi connectivity index (χ1) is 11.2. The molecule has 122 valence electrons. The number of imidazole rings is 1. The summed E-state index contributed by atoms with van der Waals surface area (Å²) in [5.41, 5.74) is 1.44. The number of carbonyl (C=O) groups excluding carboxylic acids is 1. The molecule has 1 N–H and O–H groups in total. The Morgan fingerprint density at radius 3 is 3.09 bits per heavy atom. The van der Waals surface area contributed by atoms with Gasteiger partial charge in [-0.2, -0.15) is 0 Å². The number of nitrogens with one attached hydrogen (secondary N) is 1. The van der Waals surface area contributed by atoms with E-state index in [0.29, 0.717) is 5.70 Å². The van der Waals surface area contributed by atoms with E-state index in [4.69, 9.17) is 4.84 Å². The zero-order valence-electron chi connectivity index (χ0n) is 13.1. The van der Waals surface area contributed by atoms with Crippen LogP contribution in [0.15, 0.2) is 61.0 Å². The predicted octanol–water partition coefficient (Wildman–Crippen LogP) is 3.41. The Morgan fingerprint density at radius 2 is 2.39 bits per heavy atom. The maximum absolute atomic E-state index is 11.8. The van der Waals surface area contributed by atoms with E-state index >= 15 is 0 Å². The van der Waals surface area contributed by atoms with Crippen LogP contribution in [0.5, 0.6) is 0 Å². The zero-order chi connectivity index (χ0) is 16.5. The number of carbonyl (C=O) groups is 1. The van der Waals surface area contributed by atoms with Crippen molar-refractivity contribution in [3.8, 4) is 0 Å². The van der Waals surface area contributed by atoms with Crippen molar-refractivity contribution in [2.24, 2.45) is 11.1 Å². The van der Waals surface area contributed by atoms with E-state index in [0.717, 1.165) is 37.9 Å². The maximum atomic E-state index is 11.8. The molecule has 1 atom stereocenters. The summed E-state index contributed by atoms with van der Waals surface area (Å²) < 4.78 is 2.02. The molecule has 2 rings (SSSR count). The van der Waals surface area contributed by atoms with Crippen molar-refractivity contribution in [1.29, 1.82) is 0 Å². The summed E-state index contributed by atoms with van der Waals surface area (Å²) in [4.78, 5) is 20.8. The molecule has 6 heteroatoms. The number of nitrogens with zero attached hydrogens (tertiary/aromatic N) is 3. The van der Waals surface area contributed by atoms with Crippen LogP contribution in [0.4, 0.5) is 4.79 Å². The van der Waals surface area contributed by atoms with Crippen molar-refractivity contribution in [2.45, 2.75) is 32.2 Å². The first-order valence-corrected chi connectivity index (χ1v) is 7.68. The van der Waals surface area contributed by atoms with Crippen molar-refractivity contribution in [1.82, 2.24) is 14.9 Å². The van der Waals surface area contributed by atoms with Crippen LogP contribution in [0.25, 0.3) is 0 Å². The minimum absolute atomic E-state index is 0.272. The summed E-state index contributed by atoms with van der Waals surface area (Å²) >= 11 is 0. The highest BCUT2D eigenvalue weighted by Crippen LogP contribution is 2.23. The largest absolute Gasteiger partial charge is 0.437 e. The lowest BCUT2D eigenvalue weighted by atomic mass is 9.87. The van der Waals surface area contributed by atoms with E-state index in [1.54, 1.807) is 24.7 Å². The normalized spacial score (nSPS) is 20.1. The third kappa shape index (κ3) is 5.25. The molecule has 0 saturated heterocycles. The molecule has 6 nitrogen and oxygen atoms in total. The van der Waals surface area contributed by atoms with E-state index in [-0.39, 0.29) is 5.92 Å². The lowest BCUT2D eigenvalue weighted by Gasteiger charge is -2.23. The highest BCUT2D eigenvalue weighted by Gasteiger charge is 2.22. The van der Waals surface area contributed by atoms with Crippen LogP contribution >= 0.6 is 0 Å². The van der Waals surface area contributed by atoms with Gasteiger partial charge in [-0.1, -0.05) is 30.8 Å². The van der Waals surface area contributed by atoms with Gasteiger partial charge in [0.1, 0.15) is 0 Å². The Kier molecular flexibility index (Phi) is 6.35. The van der Waals surface area contributed by atoms with Gasteiger partial charge in [0, 0.05) is 30.6 Å². The second kappa shape index (κ2) is 8.73. The molecule has 1 aliphatic rings. The minimum Gasteiger partial charge on any atom is -0.337 e. The van der Waals surface area contributed by atoms with E-state index in [9.17, 15) is 4.79 Å². The molecular formula is C17H22N4O2. The van der Waals surface area contributed by atoms with E-state index in [1.807, 2.05) is 10.8 Å². The highest BCUT2D eigenvalue weighted by atomic mass is 16.7. The number of amides is 1. The molecule has 1 aromatic heterocycles. The fourth-order valence-electron chi connectivity index (χ4n) is 2.56. The fourth-order valence-corrected chi connectivity index (χ4v) is 2.56. The molecule has 0 aromatic carbocycles. The molecule has 1 aromatic rings. The summed E-state index contributed by atoms with van der Waals surface area (Å²) in [7, 11) is 0. The topological polar surface area (TPSA) is 68.5 Å². The van der Waals surface area contributed by atoms with Gasteiger partial charge in [0.15, 0.2) is 0 Å². The van der Waals surface area contributed by atoms with Crippen LogP contribution in [0, 0.1) is 5.92 Å². The molecule has 1 heterocycles.